The Hall–Kier alpha value is -1.62. The van der Waals surface area contributed by atoms with Crippen molar-refractivity contribution in [3.05, 3.63) is 23.5 Å². The predicted molar refractivity (Wildman–Crippen MR) is 145 cm³/mol. The summed E-state index contributed by atoms with van der Waals surface area (Å²) in [5, 5.41) is 14.9. The molecule has 0 saturated carbocycles. The highest BCUT2D eigenvalue weighted by Gasteiger charge is 2.26. The number of unbranched alkanes of at least 4 members (excludes halogenated alkanes) is 17. The highest BCUT2D eigenvalue weighted by molar-refractivity contribution is 6.05. The quantitative estimate of drug-likeness (QED) is 0.124. The molecular weight excluding hydrogens is 422 g/mol. The second kappa shape index (κ2) is 20.7. The third-order valence-electron chi connectivity index (χ3n) is 6.76. The van der Waals surface area contributed by atoms with Crippen molar-refractivity contribution < 1.29 is 9.90 Å². The van der Waals surface area contributed by atoms with Crippen LogP contribution in [0.15, 0.2) is 28.6 Å². The molecule has 1 amide bonds. The summed E-state index contributed by atoms with van der Waals surface area (Å²) in [6.45, 7) is 3.96. The summed E-state index contributed by atoms with van der Waals surface area (Å²) < 4.78 is 0. The number of rotatable bonds is 22. The molecule has 0 radical (unpaired) electrons. The van der Waals surface area contributed by atoms with Crippen molar-refractivity contribution in [1.29, 1.82) is 0 Å². The van der Waals surface area contributed by atoms with Crippen LogP contribution in [0, 0.1) is 0 Å². The molecule has 0 fully saturated rings. The summed E-state index contributed by atoms with van der Waals surface area (Å²) in [6.07, 6.45) is 29.2. The van der Waals surface area contributed by atoms with E-state index in [2.05, 4.69) is 12.0 Å². The number of nitrogens with two attached hydrogens (primary N) is 1. The van der Waals surface area contributed by atoms with E-state index in [1.165, 1.54) is 120 Å². The van der Waals surface area contributed by atoms with E-state index in [1.807, 2.05) is 6.92 Å². The first-order valence-corrected chi connectivity index (χ1v) is 14.3. The third-order valence-corrected chi connectivity index (χ3v) is 6.76. The molecule has 0 atom stereocenters. The predicted octanol–water partition coefficient (Wildman–Crippen LogP) is 7.75. The number of hydrazone groups is 1. The summed E-state index contributed by atoms with van der Waals surface area (Å²) >= 11 is 0. The summed E-state index contributed by atoms with van der Waals surface area (Å²) in [5.41, 5.74) is 7.83. The lowest BCUT2D eigenvalue weighted by molar-refractivity contribution is -0.126. The number of allylic oxidation sites excluding steroid dienone is 1. The van der Waals surface area contributed by atoms with E-state index in [0.29, 0.717) is 17.8 Å². The van der Waals surface area contributed by atoms with Crippen molar-refractivity contribution in [2.45, 2.75) is 142 Å². The van der Waals surface area contributed by atoms with E-state index < -0.39 is 0 Å². The van der Waals surface area contributed by atoms with Gasteiger partial charge in [-0.3, -0.25) is 4.79 Å². The Morgan fingerprint density at radius 1 is 0.853 bits per heavy atom. The molecule has 1 aliphatic heterocycles. The molecular formula is C29H53N3O2. The molecule has 0 aliphatic carbocycles. The average molecular weight is 476 g/mol. The van der Waals surface area contributed by atoms with Crippen LogP contribution in [0.3, 0.4) is 0 Å². The van der Waals surface area contributed by atoms with Crippen molar-refractivity contribution in [2.24, 2.45) is 10.8 Å². The van der Waals surface area contributed by atoms with Gasteiger partial charge in [0, 0.05) is 5.71 Å². The standard InChI is InChI=1S/C29H53N3O2/c1-3-5-6-7-8-9-10-11-12-13-14-15-16-17-18-19-20-21-22-26-25-29(34)32(31-26)28(4-2)27(30)23-24-33/h4,23,33H,3,5-22,24-25,30H2,1-2H3/b27-23+,28-4+. The molecule has 0 aromatic carbocycles. The molecule has 0 saturated heterocycles. The maximum Gasteiger partial charge on any atom is 0.253 e. The van der Waals surface area contributed by atoms with Gasteiger partial charge in [0.25, 0.3) is 5.91 Å². The highest BCUT2D eigenvalue weighted by atomic mass is 16.2. The Morgan fingerprint density at radius 3 is 1.71 bits per heavy atom. The maximum absolute atomic E-state index is 12.3. The van der Waals surface area contributed by atoms with Crippen LogP contribution in [-0.2, 0) is 4.79 Å². The normalized spacial score (nSPS) is 14.9. The van der Waals surface area contributed by atoms with Crippen LogP contribution in [0.1, 0.15) is 142 Å². The van der Waals surface area contributed by atoms with Gasteiger partial charge in [-0.05, 0) is 25.8 Å². The van der Waals surface area contributed by atoms with Gasteiger partial charge in [-0.1, -0.05) is 122 Å². The third kappa shape index (κ3) is 13.9. The second-order valence-electron chi connectivity index (χ2n) is 9.82. The van der Waals surface area contributed by atoms with Crippen LogP contribution >= 0.6 is 0 Å². The monoisotopic (exact) mass is 475 g/mol. The van der Waals surface area contributed by atoms with Crippen molar-refractivity contribution >= 4 is 11.6 Å². The largest absolute Gasteiger partial charge is 0.397 e. The number of aliphatic hydroxyl groups is 1. The highest BCUT2D eigenvalue weighted by Crippen LogP contribution is 2.22. The minimum atomic E-state index is -0.152. The zero-order valence-electron chi connectivity index (χ0n) is 22.3. The molecule has 1 aliphatic rings. The fourth-order valence-electron chi connectivity index (χ4n) is 4.65. The summed E-state index contributed by atoms with van der Waals surface area (Å²) in [7, 11) is 0. The molecule has 1 rings (SSSR count). The van der Waals surface area contributed by atoms with Gasteiger partial charge in [0.1, 0.15) is 0 Å². The molecule has 3 N–H and O–H groups in total. The number of hydrogen-bond acceptors (Lipinski definition) is 4. The molecule has 0 unspecified atom stereocenters. The van der Waals surface area contributed by atoms with Crippen molar-refractivity contribution in [1.82, 2.24) is 5.01 Å². The SMILES string of the molecule is C/C=C(\C(N)=C/CO)N1N=C(CCCCCCCCCCCCCCCCCCCC)CC1=O. The number of carbonyl (C=O) groups excluding carboxylic acids is 1. The maximum atomic E-state index is 12.3. The van der Waals surface area contributed by atoms with Crippen LogP contribution in [-0.4, -0.2) is 28.3 Å². The lowest BCUT2D eigenvalue weighted by Gasteiger charge is -2.16. The number of hydrogen-bond donors (Lipinski definition) is 2. The first-order chi connectivity index (χ1) is 16.6. The summed E-state index contributed by atoms with van der Waals surface area (Å²) in [5.74, 6) is -0.0419. The smallest absolute Gasteiger partial charge is 0.253 e. The van der Waals surface area contributed by atoms with Gasteiger partial charge >= 0.3 is 0 Å². The number of amides is 1. The lowest BCUT2D eigenvalue weighted by Crippen LogP contribution is -2.24. The van der Waals surface area contributed by atoms with Crippen molar-refractivity contribution in [3.8, 4) is 0 Å². The first-order valence-electron chi connectivity index (χ1n) is 14.3. The Morgan fingerprint density at radius 2 is 1.29 bits per heavy atom. The van der Waals surface area contributed by atoms with Gasteiger partial charge in [0.15, 0.2) is 0 Å². The Balaban J connectivity index is 1.96. The molecule has 196 valence electrons. The summed E-state index contributed by atoms with van der Waals surface area (Å²) in [6, 6.07) is 0. The van der Waals surface area contributed by atoms with Gasteiger partial charge in [-0.25, -0.2) is 0 Å². The fraction of sp³-hybridized carbons (Fsp3) is 0.793. The van der Waals surface area contributed by atoms with E-state index in [9.17, 15) is 4.79 Å². The van der Waals surface area contributed by atoms with E-state index in [0.717, 1.165) is 18.6 Å². The number of aliphatic hydroxyl groups excluding tert-OH is 1. The van der Waals surface area contributed by atoms with Crippen LogP contribution < -0.4 is 5.73 Å². The van der Waals surface area contributed by atoms with Gasteiger partial charge in [-0.15, -0.1) is 0 Å². The minimum Gasteiger partial charge on any atom is -0.397 e. The van der Waals surface area contributed by atoms with Crippen molar-refractivity contribution in [2.75, 3.05) is 6.61 Å². The molecule has 0 bridgehead atoms. The minimum absolute atomic E-state index is 0.0419. The van der Waals surface area contributed by atoms with Gasteiger partial charge in [0.2, 0.25) is 0 Å². The van der Waals surface area contributed by atoms with Crippen LogP contribution in [0.25, 0.3) is 0 Å². The Labute approximate surface area is 209 Å². The second-order valence-corrected chi connectivity index (χ2v) is 9.82. The molecule has 34 heavy (non-hydrogen) atoms. The molecule has 0 aromatic rings. The number of carbonyl (C=O) groups is 1. The van der Waals surface area contributed by atoms with Gasteiger partial charge in [-0.2, -0.15) is 10.1 Å². The molecule has 0 aromatic heterocycles. The molecule has 1 heterocycles. The Bertz CT molecular complexity index is 625. The first kappa shape index (κ1) is 30.4. The average Bonchev–Trinajstić information content (AvgIpc) is 3.19. The van der Waals surface area contributed by atoms with E-state index in [4.69, 9.17) is 10.8 Å². The van der Waals surface area contributed by atoms with E-state index >= 15 is 0 Å². The van der Waals surface area contributed by atoms with E-state index in [1.54, 1.807) is 6.08 Å². The van der Waals surface area contributed by atoms with Crippen LogP contribution in [0.5, 0.6) is 0 Å². The van der Waals surface area contributed by atoms with Gasteiger partial charge in [0.05, 0.1) is 24.4 Å². The van der Waals surface area contributed by atoms with Gasteiger partial charge < -0.3 is 10.8 Å². The number of nitrogens with zero attached hydrogens (tertiary/aromatic N) is 2. The van der Waals surface area contributed by atoms with E-state index in [-0.39, 0.29) is 12.5 Å². The molecule has 5 nitrogen and oxygen atoms in total. The van der Waals surface area contributed by atoms with Crippen LogP contribution in [0.2, 0.25) is 0 Å². The fourth-order valence-corrected chi connectivity index (χ4v) is 4.65. The molecule has 0 spiro atoms. The van der Waals surface area contributed by atoms with Crippen molar-refractivity contribution in [3.63, 3.8) is 0 Å². The zero-order valence-corrected chi connectivity index (χ0v) is 22.3. The zero-order chi connectivity index (χ0) is 24.9. The molecule has 5 heteroatoms. The topological polar surface area (TPSA) is 78.9 Å². The van der Waals surface area contributed by atoms with Crippen LogP contribution in [0.4, 0.5) is 0 Å². The Kier molecular flexibility index (Phi) is 18.5. The summed E-state index contributed by atoms with van der Waals surface area (Å²) in [4.78, 5) is 12.3. The lowest BCUT2D eigenvalue weighted by atomic mass is 10.0.